The molecule has 6 rings (SSSR count). The Balaban J connectivity index is 1.38. The second-order valence-electron chi connectivity index (χ2n) is 11.2. The molecule has 45 heavy (non-hydrogen) atoms. The number of aromatic carboxylic acids is 1. The summed E-state index contributed by atoms with van der Waals surface area (Å²) in [4.78, 5) is 33.2. The number of rotatable bonds is 8. The average Bonchev–Trinajstić information content (AvgIpc) is 3.57. The molecule has 2 aliphatic rings. The first-order chi connectivity index (χ1) is 21.4. The van der Waals surface area contributed by atoms with Crippen LogP contribution in [0.1, 0.15) is 52.2 Å². The van der Waals surface area contributed by atoms with Gasteiger partial charge in [0.1, 0.15) is 29.7 Å². The smallest absolute Gasteiger partial charge is 0.416 e. The highest BCUT2D eigenvalue weighted by Crippen LogP contribution is 2.41. The molecule has 2 aliphatic heterocycles. The van der Waals surface area contributed by atoms with E-state index in [0.29, 0.717) is 39.5 Å². The van der Waals surface area contributed by atoms with Gasteiger partial charge in [-0.15, -0.1) is 0 Å². The summed E-state index contributed by atoms with van der Waals surface area (Å²) in [6, 6.07) is 13.6. The van der Waals surface area contributed by atoms with E-state index in [-0.39, 0.29) is 17.7 Å². The van der Waals surface area contributed by atoms with Crippen molar-refractivity contribution in [2.24, 2.45) is 0 Å². The van der Waals surface area contributed by atoms with Crippen molar-refractivity contribution in [1.82, 2.24) is 9.88 Å². The van der Waals surface area contributed by atoms with Gasteiger partial charge in [-0.3, -0.25) is 4.90 Å². The number of aryl methyl sites for hydroxylation is 1. The molecule has 2 aromatic carbocycles. The summed E-state index contributed by atoms with van der Waals surface area (Å²) >= 11 is 0. The van der Waals surface area contributed by atoms with Crippen LogP contribution in [0.25, 0.3) is 22.5 Å². The van der Waals surface area contributed by atoms with Crippen molar-refractivity contribution in [2.75, 3.05) is 25.1 Å². The van der Waals surface area contributed by atoms with Crippen molar-refractivity contribution in [3.63, 3.8) is 0 Å². The summed E-state index contributed by atoms with van der Waals surface area (Å²) in [6.07, 6.45) is -3.92. The minimum absolute atomic E-state index is 0.00989. The Labute approximate surface area is 256 Å². The maximum atomic E-state index is 13.6. The van der Waals surface area contributed by atoms with Crippen molar-refractivity contribution in [2.45, 2.75) is 45.1 Å². The summed E-state index contributed by atoms with van der Waals surface area (Å²) in [7, 11) is 1.52. The minimum atomic E-state index is -4.54. The van der Waals surface area contributed by atoms with Crippen molar-refractivity contribution < 1.29 is 41.8 Å². The van der Waals surface area contributed by atoms with Gasteiger partial charge in [-0.2, -0.15) is 13.2 Å². The SMILES string of the molecule is COc1ccc(-c2cc(C(=O)O)co2)cc1-c1ccc(N2CCC2)nc1CN1C(=O)O[C@H](c2cc(C)cc(C(F)(F)F)c2)[C@@H]1C. The van der Waals surface area contributed by atoms with Crippen LogP contribution in [0.15, 0.2) is 65.3 Å². The number of aromatic nitrogens is 1. The molecule has 0 radical (unpaired) electrons. The van der Waals surface area contributed by atoms with Gasteiger partial charge in [0.15, 0.2) is 0 Å². The van der Waals surface area contributed by atoms with E-state index in [2.05, 4.69) is 4.90 Å². The third-order valence-corrected chi connectivity index (χ3v) is 8.23. The zero-order chi connectivity index (χ0) is 32.0. The molecule has 12 heteroatoms. The largest absolute Gasteiger partial charge is 0.496 e. The van der Waals surface area contributed by atoms with Gasteiger partial charge in [-0.1, -0.05) is 11.6 Å². The van der Waals surface area contributed by atoms with E-state index in [1.807, 2.05) is 12.1 Å². The van der Waals surface area contributed by atoms with Crippen LogP contribution in [0, 0.1) is 6.92 Å². The Morgan fingerprint density at radius 2 is 1.87 bits per heavy atom. The molecule has 234 valence electrons. The molecule has 2 fully saturated rings. The van der Waals surface area contributed by atoms with Crippen LogP contribution in [-0.2, 0) is 17.5 Å². The van der Waals surface area contributed by atoms with Crippen LogP contribution < -0.4 is 9.64 Å². The molecular formula is C33H30F3N3O6. The van der Waals surface area contributed by atoms with E-state index in [4.69, 9.17) is 18.9 Å². The standard InChI is InChI=1S/C33H30F3N3O6/c1-18-11-21(13-23(12-18)33(34,35)36)30-19(2)39(32(42)45-30)16-26-24(6-8-29(37-26)38-9-4-10-38)25-14-20(5-7-27(25)43-3)28-15-22(17-44-28)31(40)41/h5-8,11-15,17,19,30H,4,9-10,16H2,1-3H3,(H,40,41)/t19-,30-/m0/s1. The zero-order valence-electron chi connectivity index (χ0n) is 24.7. The number of ether oxygens (including phenoxy) is 2. The first kappa shape index (κ1) is 30.0. The van der Waals surface area contributed by atoms with E-state index in [1.165, 1.54) is 24.3 Å². The molecule has 0 aliphatic carbocycles. The molecule has 0 saturated carbocycles. The number of furan rings is 1. The lowest BCUT2D eigenvalue weighted by molar-refractivity contribution is -0.137. The lowest BCUT2D eigenvalue weighted by atomic mass is 9.97. The monoisotopic (exact) mass is 621 g/mol. The maximum Gasteiger partial charge on any atom is 0.416 e. The van der Waals surface area contributed by atoms with Crippen LogP contribution in [-0.4, -0.2) is 53.3 Å². The van der Waals surface area contributed by atoms with Crippen molar-refractivity contribution in [3.05, 3.63) is 88.8 Å². The van der Waals surface area contributed by atoms with Crippen molar-refractivity contribution in [1.29, 1.82) is 0 Å². The fourth-order valence-electron chi connectivity index (χ4n) is 5.71. The van der Waals surface area contributed by atoms with Crippen LogP contribution in [0.5, 0.6) is 5.75 Å². The van der Waals surface area contributed by atoms with Gasteiger partial charge in [0, 0.05) is 29.8 Å². The number of carboxylic acid groups (broad SMARTS) is 1. The molecular weight excluding hydrogens is 591 g/mol. The van der Waals surface area contributed by atoms with Crippen LogP contribution in [0.3, 0.4) is 0 Å². The van der Waals surface area contributed by atoms with E-state index in [9.17, 15) is 27.9 Å². The first-order valence-electron chi connectivity index (χ1n) is 14.3. The lowest BCUT2D eigenvalue weighted by Gasteiger charge is -2.33. The normalized spacial score (nSPS) is 18.1. The number of carbonyl (C=O) groups excluding carboxylic acids is 1. The highest BCUT2D eigenvalue weighted by atomic mass is 19.4. The molecule has 2 atom stereocenters. The van der Waals surface area contributed by atoms with E-state index in [0.717, 1.165) is 37.5 Å². The Kier molecular flexibility index (Phi) is 7.67. The number of anilines is 1. The number of halogens is 3. The highest BCUT2D eigenvalue weighted by Gasteiger charge is 2.41. The molecule has 2 aromatic heterocycles. The summed E-state index contributed by atoms with van der Waals surface area (Å²) in [5.41, 5.74) is 2.30. The average molecular weight is 622 g/mol. The van der Waals surface area contributed by atoms with Gasteiger partial charge >= 0.3 is 18.2 Å². The molecule has 1 amide bonds. The van der Waals surface area contributed by atoms with Gasteiger partial charge in [-0.05, 0) is 74.4 Å². The molecule has 0 unspecified atom stereocenters. The Morgan fingerprint density at radius 3 is 2.51 bits per heavy atom. The number of cyclic esters (lactones) is 1. The quantitative estimate of drug-likeness (QED) is 0.218. The van der Waals surface area contributed by atoms with Gasteiger partial charge < -0.3 is 23.9 Å². The van der Waals surface area contributed by atoms with Crippen molar-refractivity contribution in [3.8, 4) is 28.2 Å². The van der Waals surface area contributed by atoms with Gasteiger partial charge in [-0.25, -0.2) is 14.6 Å². The summed E-state index contributed by atoms with van der Waals surface area (Å²) < 4.78 is 57.6. The van der Waals surface area contributed by atoms with E-state index >= 15 is 0 Å². The van der Waals surface area contributed by atoms with Crippen LogP contribution in [0.2, 0.25) is 0 Å². The maximum absolute atomic E-state index is 13.6. The highest BCUT2D eigenvalue weighted by molar-refractivity contribution is 5.89. The Morgan fingerprint density at radius 1 is 1.09 bits per heavy atom. The number of benzene rings is 2. The number of hydrogen-bond donors (Lipinski definition) is 1. The third kappa shape index (κ3) is 5.79. The summed E-state index contributed by atoms with van der Waals surface area (Å²) in [5, 5.41) is 9.34. The number of methoxy groups -OCH3 is 1. The van der Waals surface area contributed by atoms with Crippen LogP contribution >= 0.6 is 0 Å². The molecule has 4 heterocycles. The number of pyridine rings is 1. The first-order valence-corrected chi connectivity index (χ1v) is 14.3. The third-order valence-electron chi connectivity index (χ3n) is 8.23. The van der Waals surface area contributed by atoms with Crippen molar-refractivity contribution >= 4 is 17.9 Å². The van der Waals surface area contributed by atoms with E-state index in [1.54, 1.807) is 38.1 Å². The number of carbonyl (C=O) groups is 2. The van der Waals surface area contributed by atoms with Crippen LogP contribution in [0.4, 0.5) is 23.8 Å². The topological polar surface area (TPSA) is 105 Å². The zero-order valence-corrected chi connectivity index (χ0v) is 24.7. The predicted octanol–water partition coefficient (Wildman–Crippen LogP) is 7.33. The molecule has 2 saturated heterocycles. The molecule has 4 aromatic rings. The lowest BCUT2D eigenvalue weighted by Crippen LogP contribution is -2.38. The van der Waals surface area contributed by atoms with Gasteiger partial charge in [0.25, 0.3) is 0 Å². The predicted molar refractivity (Wildman–Crippen MR) is 158 cm³/mol. The number of carboxylic acids is 1. The van der Waals surface area contributed by atoms with Gasteiger partial charge in [0.05, 0.1) is 36.5 Å². The second kappa shape index (κ2) is 11.5. The second-order valence-corrected chi connectivity index (χ2v) is 11.2. The molecule has 0 bridgehead atoms. The number of nitrogens with zero attached hydrogens (tertiary/aromatic N) is 3. The molecule has 0 spiro atoms. The number of amides is 1. The fraction of sp³-hybridized carbons (Fsp3) is 0.303. The summed E-state index contributed by atoms with van der Waals surface area (Å²) in [5.74, 6) is 0.478. The Bertz CT molecular complexity index is 1780. The minimum Gasteiger partial charge on any atom is -0.496 e. The number of hydrogen-bond acceptors (Lipinski definition) is 7. The Hall–Kier alpha value is -5.00. The van der Waals surface area contributed by atoms with Gasteiger partial charge in [0.2, 0.25) is 0 Å². The molecule has 1 N–H and O–H groups in total. The fourth-order valence-corrected chi connectivity index (χ4v) is 5.71. The number of alkyl halides is 3. The summed E-state index contributed by atoms with van der Waals surface area (Å²) in [6.45, 7) is 5.01. The molecule has 9 nitrogen and oxygen atoms in total. The van der Waals surface area contributed by atoms with E-state index < -0.39 is 35.9 Å².